The van der Waals surface area contributed by atoms with Crippen molar-refractivity contribution in [2.75, 3.05) is 24.7 Å². The summed E-state index contributed by atoms with van der Waals surface area (Å²) in [5.74, 6) is 0.422. The van der Waals surface area contributed by atoms with Crippen molar-refractivity contribution in [2.45, 2.75) is 24.2 Å². The average molecular weight is 377 g/mol. The molecule has 0 atom stereocenters. The van der Waals surface area contributed by atoms with Gasteiger partial charge in [0.15, 0.2) is 4.34 Å². The van der Waals surface area contributed by atoms with Crippen LogP contribution in [0.2, 0.25) is 4.34 Å². The lowest BCUT2D eigenvalue weighted by atomic mass is 10.4. The van der Waals surface area contributed by atoms with Crippen molar-refractivity contribution in [3.8, 4) is 0 Å². The van der Waals surface area contributed by atoms with Crippen LogP contribution in [0, 0.1) is 0 Å². The number of amides is 1. The smallest absolute Gasteiger partial charge is 0.233 e. The van der Waals surface area contributed by atoms with Crippen LogP contribution in [0.4, 0.5) is 5.13 Å². The molecular formula is C13H17ClN4OS3. The Hall–Kier alpha value is -0.830. The van der Waals surface area contributed by atoms with Crippen molar-refractivity contribution in [3.05, 3.63) is 21.3 Å². The van der Waals surface area contributed by atoms with Crippen LogP contribution < -0.4 is 5.32 Å². The molecule has 1 amide bonds. The van der Waals surface area contributed by atoms with Crippen LogP contribution in [0.25, 0.3) is 0 Å². The summed E-state index contributed by atoms with van der Waals surface area (Å²) in [6, 6.07) is 3.79. The van der Waals surface area contributed by atoms with Gasteiger partial charge in [-0.05, 0) is 18.6 Å². The van der Waals surface area contributed by atoms with E-state index in [2.05, 4.69) is 22.4 Å². The van der Waals surface area contributed by atoms with Crippen LogP contribution in [0.3, 0.4) is 0 Å². The molecule has 0 unspecified atom stereocenters. The van der Waals surface area contributed by atoms with Gasteiger partial charge >= 0.3 is 0 Å². The molecule has 0 radical (unpaired) electrons. The summed E-state index contributed by atoms with van der Waals surface area (Å²) < 4.78 is 1.55. The second-order valence-electron chi connectivity index (χ2n) is 4.54. The number of carbonyl (C=O) groups excluding carboxylic acids is 1. The minimum Gasteiger partial charge on any atom is -0.360 e. The number of thioether (sulfide) groups is 1. The molecule has 0 aromatic carbocycles. The fourth-order valence-electron chi connectivity index (χ4n) is 1.56. The molecule has 0 aliphatic carbocycles. The minimum atomic E-state index is 0.0628. The lowest BCUT2D eigenvalue weighted by Gasteiger charge is -2.15. The summed E-state index contributed by atoms with van der Waals surface area (Å²) in [4.78, 5) is 14.9. The largest absolute Gasteiger partial charge is 0.360 e. The Kier molecular flexibility index (Phi) is 6.94. The molecule has 0 saturated carbocycles. The molecule has 0 saturated heterocycles. The zero-order valence-corrected chi connectivity index (χ0v) is 15.5. The van der Waals surface area contributed by atoms with Gasteiger partial charge in [0, 0.05) is 18.5 Å². The number of hydrogen-bond acceptors (Lipinski definition) is 7. The molecule has 0 aliphatic rings. The fourth-order valence-corrected chi connectivity index (χ4v) is 4.42. The van der Waals surface area contributed by atoms with Gasteiger partial charge in [-0.1, -0.05) is 41.6 Å². The highest BCUT2D eigenvalue weighted by atomic mass is 35.5. The third-order valence-electron chi connectivity index (χ3n) is 2.70. The Morgan fingerprint density at radius 1 is 1.41 bits per heavy atom. The first-order valence-corrected chi connectivity index (χ1v) is 9.76. The summed E-state index contributed by atoms with van der Waals surface area (Å²) in [6.07, 6.45) is 1.04. The SMILES string of the molecule is CCCNc1nnc(SCC(=O)N(C)Cc2ccc(Cl)s2)s1. The molecule has 9 heteroatoms. The van der Waals surface area contributed by atoms with Gasteiger partial charge in [-0.2, -0.15) is 0 Å². The third-order valence-corrected chi connectivity index (χ3v) is 5.91. The summed E-state index contributed by atoms with van der Waals surface area (Å²) in [6.45, 7) is 3.56. The summed E-state index contributed by atoms with van der Waals surface area (Å²) in [7, 11) is 1.80. The molecule has 1 N–H and O–H groups in total. The van der Waals surface area contributed by atoms with Crippen LogP contribution in [0.15, 0.2) is 16.5 Å². The lowest BCUT2D eigenvalue weighted by molar-refractivity contribution is -0.127. The third kappa shape index (κ3) is 5.42. The van der Waals surface area contributed by atoms with Crippen molar-refractivity contribution in [3.63, 3.8) is 0 Å². The fraction of sp³-hybridized carbons (Fsp3) is 0.462. The van der Waals surface area contributed by atoms with Gasteiger partial charge in [0.1, 0.15) is 0 Å². The number of halogens is 1. The predicted molar refractivity (Wildman–Crippen MR) is 95.2 cm³/mol. The molecule has 120 valence electrons. The van der Waals surface area contributed by atoms with Gasteiger partial charge < -0.3 is 10.2 Å². The van der Waals surface area contributed by atoms with Gasteiger partial charge in [0.2, 0.25) is 11.0 Å². The maximum absolute atomic E-state index is 12.1. The molecular weight excluding hydrogens is 360 g/mol. The van der Waals surface area contributed by atoms with Crippen molar-refractivity contribution in [2.24, 2.45) is 0 Å². The summed E-state index contributed by atoms with van der Waals surface area (Å²) >= 11 is 10.3. The first kappa shape index (κ1) is 17.5. The van der Waals surface area contributed by atoms with Gasteiger partial charge in [-0.3, -0.25) is 4.79 Å². The highest BCUT2D eigenvalue weighted by molar-refractivity contribution is 8.01. The molecule has 0 spiro atoms. The number of thiophene rings is 1. The number of hydrogen-bond donors (Lipinski definition) is 1. The number of rotatable bonds is 8. The molecule has 0 fully saturated rings. The number of aromatic nitrogens is 2. The topological polar surface area (TPSA) is 58.1 Å². The Bertz CT molecular complexity index is 616. The molecule has 2 heterocycles. The standard InChI is InChI=1S/C13H17ClN4OS3/c1-3-6-15-12-16-17-13(22-12)20-8-11(19)18(2)7-9-4-5-10(14)21-9/h4-5H,3,6-8H2,1-2H3,(H,15,16). The lowest BCUT2D eigenvalue weighted by Crippen LogP contribution is -2.27. The van der Waals surface area contributed by atoms with Crippen molar-refractivity contribution in [1.29, 1.82) is 0 Å². The van der Waals surface area contributed by atoms with Crippen LogP contribution in [-0.4, -0.2) is 40.3 Å². The van der Waals surface area contributed by atoms with Gasteiger partial charge in [-0.15, -0.1) is 21.5 Å². The van der Waals surface area contributed by atoms with E-state index in [9.17, 15) is 4.79 Å². The number of nitrogens with one attached hydrogen (secondary N) is 1. The molecule has 22 heavy (non-hydrogen) atoms. The second kappa shape index (κ2) is 8.71. The van der Waals surface area contributed by atoms with Crippen LogP contribution in [0.5, 0.6) is 0 Å². The highest BCUT2D eigenvalue weighted by Gasteiger charge is 2.13. The van der Waals surface area contributed by atoms with E-state index in [1.165, 1.54) is 34.4 Å². The van der Waals surface area contributed by atoms with E-state index >= 15 is 0 Å². The zero-order valence-electron chi connectivity index (χ0n) is 12.3. The van der Waals surface area contributed by atoms with E-state index in [1.807, 2.05) is 12.1 Å². The van der Waals surface area contributed by atoms with Gasteiger partial charge in [-0.25, -0.2) is 0 Å². The second-order valence-corrected chi connectivity index (χ2v) is 8.54. The number of carbonyl (C=O) groups is 1. The molecule has 0 bridgehead atoms. The Morgan fingerprint density at radius 3 is 2.91 bits per heavy atom. The van der Waals surface area contributed by atoms with E-state index in [-0.39, 0.29) is 5.91 Å². The van der Waals surface area contributed by atoms with E-state index in [4.69, 9.17) is 11.6 Å². The minimum absolute atomic E-state index is 0.0628. The first-order valence-electron chi connectivity index (χ1n) is 6.77. The molecule has 0 aliphatic heterocycles. The maximum Gasteiger partial charge on any atom is 0.233 e. The number of anilines is 1. The van der Waals surface area contributed by atoms with E-state index in [1.54, 1.807) is 11.9 Å². The molecule has 2 aromatic heterocycles. The van der Waals surface area contributed by atoms with Gasteiger partial charge in [0.05, 0.1) is 16.6 Å². The normalized spacial score (nSPS) is 10.7. The first-order chi connectivity index (χ1) is 10.6. The Labute approximate surface area is 147 Å². The quantitative estimate of drug-likeness (QED) is 0.709. The summed E-state index contributed by atoms with van der Waals surface area (Å²) in [5.41, 5.74) is 0. The van der Waals surface area contributed by atoms with Gasteiger partial charge in [0.25, 0.3) is 0 Å². The maximum atomic E-state index is 12.1. The predicted octanol–water partition coefficient (Wildman–Crippen LogP) is 3.83. The highest BCUT2D eigenvalue weighted by Crippen LogP contribution is 2.26. The van der Waals surface area contributed by atoms with E-state index in [0.29, 0.717) is 12.3 Å². The Morgan fingerprint density at radius 2 is 2.23 bits per heavy atom. The van der Waals surface area contributed by atoms with Crippen LogP contribution in [0.1, 0.15) is 18.2 Å². The van der Waals surface area contributed by atoms with Crippen molar-refractivity contribution < 1.29 is 4.79 Å². The van der Waals surface area contributed by atoms with Crippen LogP contribution >= 0.6 is 46.0 Å². The van der Waals surface area contributed by atoms with Crippen molar-refractivity contribution in [1.82, 2.24) is 15.1 Å². The zero-order chi connectivity index (χ0) is 15.9. The average Bonchev–Trinajstić information content (AvgIpc) is 3.11. The van der Waals surface area contributed by atoms with Crippen molar-refractivity contribution >= 4 is 57.1 Å². The molecule has 2 rings (SSSR count). The molecule has 2 aromatic rings. The number of nitrogens with zero attached hydrogens (tertiary/aromatic N) is 3. The monoisotopic (exact) mass is 376 g/mol. The Balaban J connectivity index is 1.77. The summed E-state index contributed by atoms with van der Waals surface area (Å²) in [5, 5.41) is 12.1. The molecule has 5 nitrogen and oxygen atoms in total. The van der Waals surface area contributed by atoms with Crippen LogP contribution in [-0.2, 0) is 11.3 Å². The van der Waals surface area contributed by atoms with E-state index < -0.39 is 0 Å². The van der Waals surface area contributed by atoms with E-state index in [0.717, 1.165) is 31.7 Å².